The monoisotopic (exact) mass is 258 g/mol. The van der Waals surface area contributed by atoms with E-state index in [1.54, 1.807) is 0 Å². The number of aromatic nitrogens is 2. The van der Waals surface area contributed by atoms with Gasteiger partial charge in [0, 0.05) is 6.04 Å². The molecule has 0 aliphatic rings. The van der Waals surface area contributed by atoms with Gasteiger partial charge in [-0.2, -0.15) is 4.98 Å². The van der Waals surface area contributed by atoms with Gasteiger partial charge in [0.25, 0.3) is 0 Å². The molecule has 1 N–H and O–H groups in total. The van der Waals surface area contributed by atoms with Gasteiger partial charge in [0.1, 0.15) is 5.02 Å². The molecule has 1 rings (SSSR count). The van der Waals surface area contributed by atoms with Crippen LogP contribution in [0.25, 0.3) is 0 Å². The number of rotatable bonds is 6. The molecule has 0 bridgehead atoms. The molecule has 1 heterocycles. The molecule has 0 saturated heterocycles. The average Bonchev–Trinajstić information content (AvgIpc) is 2.29. The highest BCUT2D eigenvalue weighted by atomic mass is 35.5. The maximum absolute atomic E-state index is 6.01. The molecule has 1 atom stereocenters. The van der Waals surface area contributed by atoms with E-state index in [0.29, 0.717) is 16.9 Å². The molecule has 0 fully saturated rings. The lowest BCUT2D eigenvalue weighted by Gasteiger charge is -2.17. The van der Waals surface area contributed by atoms with Gasteiger partial charge in [-0.05, 0) is 34.0 Å². The van der Waals surface area contributed by atoms with Crippen LogP contribution in [0.5, 0.6) is 6.01 Å². The maximum atomic E-state index is 6.01. The summed E-state index contributed by atoms with van der Waals surface area (Å²) in [5.74, 6) is 0.616. The Bertz CT molecular complexity index is 359. The molecule has 0 saturated carbocycles. The van der Waals surface area contributed by atoms with Crippen LogP contribution in [0.4, 0.5) is 5.82 Å². The number of nitrogens with zero attached hydrogens (tertiary/aromatic N) is 3. The predicted molar refractivity (Wildman–Crippen MR) is 69.8 cm³/mol. The smallest absolute Gasteiger partial charge is 0.318 e. The molecule has 96 valence electrons. The van der Waals surface area contributed by atoms with Gasteiger partial charge in [0.05, 0.1) is 13.3 Å². The third-order valence-corrected chi connectivity index (χ3v) is 2.57. The Balaban J connectivity index is 2.60. The average molecular weight is 259 g/mol. The largest absolute Gasteiger partial charge is 0.467 e. The SMILES string of the molecule is COc1ncc(Cl)c(NC(C)CCN(C)C)n1. The van der Waals surface area contributed by atoms with E-state index in [4.69, 9.17) is 16.3 Å². The van der Waals surface area contributed by atoms with Crippen molar-refractivity contribution in [3.63, 3.8) is 0 Å². The van der Waals surface area contributed by atoms with Crippen LogP contribution in [0, 0.1) is 0 Å². The normalized spacial score (nSPS) is 12.6. The Labute approximate surface area is 107 Å². The second-order valence-electron chi connectivity index (χ2n) is 4.19. The minimum Gasteiger partial charge on any atom is -0.467 e. The highest BCUT2D eigenvalue weighted by Crippen LogP contribution is 2.21. The first-order valence-electron chi connectivity index (χ1n) is 5.50. The number of anilines is 1. The molecule has 0 spiro atoms. The fourth-order valence-electron chi connectivity index (χ4n) is 1.31. The fourth-order valence-corrected chi connectivity index (χ4v) is 1.45. The number of halogens is 1. The van der Waals surface area contributed by atoms with Crippen molar-refractivity contribution in [3.05, 3.63) is 11.2 Å². The van der Waals surface area contributed by atoms with Gasteiger partial charge in [-0.3, -0.25) is 0 Å². The molecule has 0 radical (unpaired) electrons. The van der Waals surface area contributed by atoms with Crippen molar-refractivity contribution in [3.8, 4) is 6.01 Å². The van der Waals surface area contributed by atoms with Crippen molar-refractivity contribution in [1.29, 1.82) is 0 Å². The maximum Gasteiger partial charge on any atom is 0.318 e. The fraction of sp³-hybridized carbons (Fsp3) is 0.636. The second-order valence-corrected chi connectivity index (χ2v) is 4.60. The van der Waals surface area contributed by atoms with Crippen LogP contribution in [-0.2, 0) is 0 Å². The van der Waals surface area contributed by atoms with E-state index in [-0.39, 0.29) is 6.04 Å². The zero-order chi connectivity index (χ0) is 12.8. The first-order valence-corrected chi connectivity index (χ1v) is 5.88. The highest BCUT2D eigenvalue weighted by molar-refractivity contribution is 6.32. The van der Waals surface area contributed by atoms with Crippen molar-refractivity contribution < 1.29 is 4.74 Å². The van der Waals surface area contributed by atoms with Gasteiger partial charge in [0.2, 0.25) is 0 Å². The van der Waals surface area contributed by atoms with Crippen molar-refractivity contribution >= 4 is 17.4 Å². The lowest BCUT2D eigenvalue weighted by molar-refractivity contribution is 0.379. The molecule has 0 aliphatic heterocycles. The molecule has 0 amide bonds. The minimum atomic E-state index is 0.287. The van der Waals surface area contributed by atoms with Crippen LogP contribution in [-0.4, -0.2) is 48.7 Å². The summed E-state index contributed by atoms with van der Waals surface area (Å²) in [5.41, 5.74) is 0. The topological polar surface area (TPSA) is 50.3 Å². The predicted octanol–water partition coefficient (Wildman–Crippen LogP) is 1.89. The van der Waals surface area contributed by atoms with Gasteiger partial charge in [0.15, 0.2) is 5.82 Å². The van der Waals surface area contributed by atoms with Gasteiger partial charge in [-0.1, -0.05) is 11.6 Å². The summed E-state index contributed by atoms with van der Waals surface area (Å²) in [6.07, 6.45) is 2.55. The molecule has 1 aromatic heterocycles. The highest BCUT2D eigenvalue weighted by Gasteiger charge is 2.09. The molecule has 17 heavy (non-hydrogen) atoms. The summed E-state index contributed by atoms with van der Waals surface area (Å²) in [5, 5.41) is 3.75. The number of ether oxygens (including phenoxy) is 1. The number of hydrogen-bond acceptors (Lipinski definition) is 5. The second kappa shape index (κ2) is 6.61. The summed E-state index contributed by atoms with van der Waals surface area (Å²) in [4.78, 5) is 10.2. The molecular formula is C11H19ClN4O. The zero-order valence-corrected chi connectivity index (χ0v) is 11.5. The van der Waals surface area contributed by atoms with Gasteiger partial charge >= 0.3 is 6.01 Å². The Kier molecular flexibility index (Phi) is 5.44. The zero-order valence-electron chi connectivity index (χ0n) is 10.7. The molecule has 1 unspecified atom stereocenters. The van der Waals surface area contributed by atoms with E-state index in [9.17, 15) is 0 Å². The molecule has 5 nitrogen and oxygen atoms in total. The summed E-state index contributed by atoms with van der Waals surface area (Å²) >= 11 is 6.01. The van der Waals surface area contributed by atoms with E-state index in [1.807, 2.05) is 14.1 Å². The van der Waals surface area contributed by atoms with E-state index >= 15 is 0 Å². The van der Waals surface area contributed by atoms with Crippen molar-refractivity contribution in [2.24, 2.45) is 0 Å². The van der Waals surface area contributed by atoms with Crippen LogP contribution in [0.15, 0.2) is 6.20 Å². The Morgan fingerprint density at radius 1 is 1.53 bits per heavy atom. The minimum absolute atomic E-state index is 0.287. The number of methoxy groups -OCH3 is 1. The van der Waals surface area contributed by atoms with Crippen LogP contribution in [0.3, 0.4) is 0 Å². The summed E-state index contributed by atoms with van der Waals surface area (Å²) in [6.45, 7) is 3.10. The quantitative estimate of drug-likeness (QED) is 0.845. The van der Waals surface area contributed by atoms with E-state index in [1.165, 1.54) is 13.3 Å². The van der Waals surface area contributed by atoms with Gasteiger partial charge in [-0.25, -0.2) is 4.98 Å². The lowest BCUT2D eigenvalue weighted by atomic mass is 10.2. The third kappa shape index (κ3) is 4.75. The molecule has 1 aromatic rings. The van der Waals surface area contributed by atoms with Crippen LogP contribution in [0.1, 0.15) is 13.3 Å². The van der Waals surface area contributed by atoms with Gasteiger partial charge < -0.3 is 15.0 Å². The van der Waals surface area contributed by atoms with Crippen LogP contribution in [0.2, 0.25) is 5.02 Å². The van der Waals surface area contributed by atoms with E-state index in [0.717, 1.165) is 13.0 Å². The number of hydrogen-bond donors (Lipinski definition) is 1. The summed E-state index contributed by atoms with van der Waals surface area (Å²) in [6, 6.07) is 0.603. The van der Waals surface area contributed by atoms with E-state index < -0.39 is 0 Å². The lowest BCUT2D eigenvalue weighted by Crippen LogP contribution is -2.23. The van der Waals surface area contributed by atoms with Crippen molar-refractivity contribution in [2.45, 2.75) is 19.4 Å². The summed E-state index contributed by atoms with van der Waals surface area (Å²) in [7, 11) is 5.63. The third-order valence-electron chi connectivity index (χ3n) is 2.30. The van der Waals surface area contributed by atoms with Crippen LogP contribution < -0.4 is 10.1 Å². The van der Waals surface area contributed by atoms with Crippen LogP contribution >= 0.6 is 11.6 Å². The Hall–Kier alpha value is -1.07. The van der Waals surface area contributed by atoms with E-state index in [2.05, 4.69) is 27.1 Å². The van der Waals surface area contributed by atoms with Gasteiger partial charge in [-0.15, -0.1) is 0 Å². The molecule has 6 heteroatoms. The van der Waals surface area contributed by atoms with Crippen molar-refractivity contribution in [2.75, 3.05) is 33.1 Å². The summed E-state index contributed by atoms with van der Waals surface area (Å²) < 4.78 is 4.96. The first-order chi connectivity index (χ1) is 8.02. The van der Waals surface area contributed by atoms with Crippen molar-refractivity contribution in [1.82, 2.24) is 14.9 Å². The first kappa shape index (κ1) is 14.0. The number of nitrogens with one attached hydrogen (secondary N) is 1. The molecular weight excluding hydrogens is 240 g/mol. The standard InChI is InChI=1S/C11H19ClN4O/c1-8(5-6-16(2)3)14-10-9(12)7-13-11(15-10)17-4/h7-8H,5-6H2,1-4H3,(H,13,14,15). The Morgan fingerprint density at radius 3 is 2.82 bits per heavy atom. The Morgan fingerprint density at radius 2 is 2.24 bits per heavy atom. The molecule has 0 aromatic carbocycles. The molecule has 0 aliphatic carbocycles.